The highest BCUT2D eigenvalue weighted by molar-refractivity contribution is 14.1. The maximum absolute atomic E-state index is 5.67. The van der Waals surface area contributed by atoms with Crippen molar-refractivity contribution in [3.8, 4) is 0 Å². The van der Waals surface area contributed by atoms with Gasteiger partial charge in [0, 0.05) is 22.7 Å². The highest BCUT2D eigenvalue weighted by atomic mass is 127. The standard InChI is InChI=1S/C13H17IN4/c1-9-7-12(18(2)17-9)8-13(16-15)10-3-5-11(14)6-4-10/h3-7,13,16H,8,15H2,1-2H3. The quantitative estimate of drug-likeness (QED) is 0.501. The second kappa shape index (κ2) is 5.81. The van der Waals surface area contributed by atoms with Gasteiger partial charge in [0.1, 0.15) is 0 Å². The van der Waals surface area contributed by atoms with E-state index >= 15 is 0 Å². The van der Waals surface area contributed by atoms with Crippen LogP contribution < -0.4 is 11.3 Å². The number of aryl methyl sites for hydroxylation is 2. The van der Waals surface area contributed by atoms with E-state index in [-0.39, 0.29) is 6.04 Å². The molecule has 96 valence electrons. The number of hydrogen-bond donors (Lipinski definition) is 2. The summed E-state index contributed by atoms with van der Waals surface area (Å²) in [6.07, 6.45) is 0.828. The van der Waals surface area contributed by atoms with Gasteiger partial charge in [0.25, 0.3) is 0 Å². The number of rotatable bonds is 4. The van der Waals surface area contributed by atoms with Crippen LogP contribution in [0.5, 0.6) is 0 Å². The molecule has 2 aromatic rings. The Kier molecular flexibility index (Phi) is 4.36. The average molecular weight is 356 g/mol. The van der Waals surface area contributed by atoms with Gasteiger partial charge in [-0.2, -0.15) is 5.10 Å². The van der Waals surface area contributed by atoms with Crippen molar-refractivity contribution in [3.05, 3.63) is 50.9 Å². The van der Waals surface area contributed by atoms with Crippen LogP contribution in [0.3, 0.4) is 0 Å². The fourth-order valence-corrected chi connectivity index (χ4v) is 2.39. The number of hydrogen-bond acceptors (Lipinski definition) is 3. The second-order valence-corrected chi connectivity index (χ2v) is 5.62. The third kappa shape index (κ3) is 3.09. The van der Waals surface area contributed by atoms with E-state index in [1.54, 1.807) is 0 Å². The molecule has 3 N–H and O–H groups in total. The van der Waals surface area contributed by atoms with Gasteiger partial charge in [0.2, 0.25) is 0 Å². The molecule has 1 aromatic heterocycles. The molecule has 0 aliphatic carbocycles. The minimum absolute atomic E-state index is 0.108. The Morgan fingerprint density at radius 2 is 2.06 bits per heavy atom. The van der Waals surface area contributed by atoms with E-state index in [9.17, 15) is 0 Å². The Balaban J connectivity index is 2.19. The first kappa shape index (κ1) is 13.5. The highest BCUT2D eigenvalue weighted by Gasteiger charge is 2.13. The summed E-state index contributed by atoms with van der Waals surface area (Å²) >= 11 is 2.30. The average Bonchev–Trinajstić information content (AvgIpc) is 2.66. The fourth-order valence-electron chi connectivity index (χ4n) is 2.03. The van der Waals surface area contributed by atoms with Crippen molar-refractivity contribution in [2.45, 2.75) is 19.4 Å². The predicted octanol–water partition coefficient (Wildman–Crippen LogP) is 2.08. The lowest BCUT2D eigenvalue weighted by Crippen LogP contribution is -2.30. The molecule has 1 unspecified atom stereocenters. The largest absolute Gasteiger partial charge is 0.272 e. The van der Waals surface area contributed by atoms with Gasteiger partial charge >= 0.3 is 0 Å². The molecule has 0 radical (unpaired) electrons. The van der Waals surface area contributed by atoms with Crippen LogP contribution in [0.4, 0.5) is 0 Å². The summed E-state index contributed by atoms with van der Waals surface area (Å²) in [6, 6.07) is 10.6. The van der Waals surface area contributed by atoms with Gasteiger partial charge in [0.05, 0.1) is 11.7 Å². The van der Waals surface area contributed by atoms with E-state index in [0.29, 0.717) is 0 Å². The van der Waals surface area contributed by atoms with Crippen molar-refractivity contribution in [1.29, 1.82) is 0 Å². The van der Waals surface area contributed by atoms with Crippen LogP contribution in [-0.2, 0) is 13.5 Å². The van der Waals surface area contributed by atoms with Crippen LogP contribution in [0.15, 0.2) is 30.3 Å². The van der Waals surface area contributed by atoms with Gasteiger partial charge in [-0.1, -0.05) is 12.1 Å². The summed E-state index contributed by atoms with van der Waals surface area (Å²) in [5, 5.41) is 4.35. The molecule has 0 fully saturated rings. The minimum atomic E-state index is 0.108. The number of nitrogens with one attached hydrogen (secondary N) is 1. The molecular weight excluding hydrogens is 339 g/mol. The molecule has 1 heterocycles. The summed E-state index contributed by atoms with van der Waals surface area (Å²) in [7, 11) is 1.96. The fraction of sp³-hybridized carbons (Fsp3) is 0.308. The van der Waals surface area contributed by atoms with Gasteiger partial charge < -0.3 is 0 Å². The van der Waals surface area contributed by atoms with Crippen LogP contribution >= 0.6 is 22.6 Å². The lowest BCUT2D eigenvalue weighted by Gasteiger charge is -2.16. The SMILES string of the molecule is Cc1cc(CC(NN)c2ccc(I)cc2)n(C)n1. The van der Waals surface area contributed by atoms with E-state index in [4.69, 9.17) is 5.84 Å². The number of nitrogens with two attached hydrogens (primary N) is 1. The third-order valence-corrected chi connectivity index (χ3v) is 3.70. The molecule has 0 aliphatic rings. The maximum atomic E-state index is 5.67. The van der Waals surface area contributed by atoms with E-state index in [2.05, 4.69) is 63.4 Å². The summed E-state index contributed by atoms with van der Waals surface area (Å²) in [5.41, 5.74) is 6.28. The molecule has 0 bridgehead atoms. The molecule has 0 aliphatic heterocycles. The Labute approximate surface area is 121 Å². The van der Waals surface area contributed by atoms with Crippen LogP contribution in [0, 0.1) is 10.5 Å². The number of hydrazine groups is 1. The molecule has 0 saturated heterocycles. The van der Waals surface area contributed by atoms with Crippen molar-refractivity contribution in [2.75, 3.05) is 0 Å². The van der Waals surface area contributed by atoms with Gasteiger partial charge in [0.15, 0.2) is 0 Å². The topological polar surface area (TPSA) is 55.9 Å². The second-order valence-electron chi connectivity index (χ2n) is 4.38. The first-order chi connectivity index (χ1) is 8.60. The molecule has 5 heteroatoms. The van der Waals surface area contributed by atoms with Crippen molar-refractivity contribution in [2.24, 2.45) is 12.9 Å². The normalized spacial score (nSPS) is 12.7. The van der Waals surface area contributed by atoms with Gasteiger partial charge in [-0.15, -0.1) is 0 Å². The molecule has 0 spiro atoms. The van der Waals surface area contributed by atoms with Gasteiger partial charge in [-0.25, -0.2) is 0 Å². The van der Waals surface area contributed by atoms with Crippen LogP contribution in [0.25, 0.3) is 0 Å². The van der Waals surface area contributed by atoms with E-state index in [1.165, 1.54) is 14.8 Å². The summed E-state index contributed by atoms with van der Waals surface area (Å²) in [5.74, 6) is 5.67. The smallest absolute Gasteiger partial charge is 0.0596 e. The zero-order valence-electron chi connectivity index (χ0n) is 10.5. The minimum Gasteiger partial charge on any atom is -0.272 e. The van der Waals surface area contributed by atoms with E-state index < -0.39 is 0 Å². The zero-order valence-corrected chi connectivity index (χ0v) is 12.7. The molecule has 0 saturated carbocycles. The van der Waals surface area contributed by atoms with E-state index in [1.807, 2.05) is 18.7 Å². The van der Waals surface area contributed by atoms with Gasteiger partial charge in [-0.05, 0) is 53.3 Å². The highest BCUT2D eigenvalue weighted by Crippen LogP contribution is 2.19. The Morgan fingerprint density at radius 1 is 1.39 bits per heavy atom. The number of aromatic nitrogens is 2. The molecule has 4 nitrogen and oxygen atoms in total. The van der Waals surface area contributed by atoms with E-state index in [0.717, 1.165) is 12.1 Å². The Hall–Kier alpha value is -0.920. The summed E-state index contributed by atoms with van der Waals surface area (Å²) in [6.45, 7) is 2.00. The molecule has 2 rings (SSSR count). The lowest BCUT2D eigenvalue weighted by atomic mass is 10.0. The van der Waals surface area contributed by atoms with Crippen LogP contribution in [0.1, 0.15) is 23.0 Å². The Morgan fingerprint density at radius 3 is 2.56 bits per heavy atom. The first-order valence-corrected chi connectivity index (χ1v) is 6.89. The van der Waals surface area contributed by atoms with Crippen LogP contribution in [-0.4, -0.2) is 9.78 Å². The van der Waals surface area contributed by atoms with Gasteiger partial charge in [-0.3, -0.25) is 16.0 Å². The molecule has 1 atom stereocenters. The first-order valence-electron chi connectivity index (χ1n) is 5.81. The number of halogens is 1. The van der Waals surface area contributed by atoms with Crippen molar-refractivity contribution in [1.82, 2.24) is 15.2 Å². The molecule has 1 aromatic carbocycles. The Bertz CT molecular complexity index is 518. The molecular formula is C13H17IN4. The molecule has 0 amide bonds. The number of benzene rings is 1. The monoisotopic (exact) mass is 356 g/mol. The number of nitrogens with zero attached hydrogens (tertiary/aromatic N) is 2. The summed E-state index contributed by atoms with van der Waals surface area (Å²) in [4.78, 5) is 0. The van der Waals surface area contributed by atoms with Crippen molar-refractivity contribution < 1.29 is 0 Å². The zero-order chi connectivity index (χ0) is 13.1. The summed E-state index contributed by atoms with van der Waals surface area (Å²) < 4.78 is 3.13. The van der Waals surface area contributed by atoms with Crippen molar-refractivity contribution in [3.63, 3.8) is 0 Å². The third-order valence-electron chi connectivity index (χ3n) is 2.99. The molecule has 18 heavy (non-hydrogen) atoms. The lowest BCUT2D eigenvalue weighted by molar-refractivity contribution is 0.530. The van der Waals surface area contributed by atoms with Crippen molar-refractivity contribution >= 4 is 22.6 Å². The maximum Gasteiger partial charge on any atom is 0.0596 e. The van der Waals surface area contributed by atoms with Crippen LogP contribution in [0.2, 0.25) is 0 Å². The predicted molar refractivity (Wildman–Crippen MR) is 80.9 cm³/mol.